The molecule has 90 valence electrons. The van der Waals surface area contributed by atoms with E-state index in [4.69, 9.17) is 0 Å². The van der Waals surface area contributed by atoms with Crippen LogP contribution in [0.2, 0.25) is 0 Å². The lowest BCUT2D eigenvalue weighted by Crippen LogP contribution is -2.33. The minimum absolute atomic E-state index is 0.520. The number of anilines is 1. The second kappa shape index (κ2) is 3.96. The van der Waals surface area contributed by atoms with Crippen molar-refractivity contribution in [3.05, 3.63) is 18.7 Å². The van der Waals surface area contributed by atoms with E-state index >= 15 is 0 Å². The monoisotopic (exact) mass is 233 g/mol. The van der Waals surface area contributed by atoms with Gasteiger partial charge in [0.1, 0.15) is 6.33 Å². The van der Waals surface area contributed by atoms with E-state index in [0.29, 0.717) is 18.0 Å². The summed E-state index contributed by atoms with van der Waals surface area (Å²) < 4.78 is 1.80. The minimum Gasteiger partial charge on any atom is -0.388 e. The van der Waals surface area contributed by atoms with Crippen molar-refractivity contribution in [1.82, 2.24) is 19.6 Å². The molecule has 6 nitrogen and oxygen atoms in total. The Morgan fingerprint density at radius 3 is 3.06 bits per heavy atom. The smallest absolute Gasteiger partial charge is 0.203 e. The molecule has 1 aliphatic rings. The van der Waals surface area contributed by atoms with Crippen molar-refractivity contribution in [2.45, 2.75) is 31.3 Å². The van der Waals surface area contributed by atoms with Crippen LogP contribution in [0.25, 0.3) is 5.65 Å². The van der Waals surface area contributed by atoms with Gasteiger partial charge in [-0.1, -0.05) is 12.8 Å². The van der Waals surface area contributed by atoms with Crippen LogP contribution in [0.1, 0.15) is 25.7 Å². The van der Waals surface area contributed by atoms with E-state index in [2.05, 4.69) is 20.5 Å². The number of nitrogens with zero attached hydrogens (tertiary/aromatic N) is 4. The predicted molar refractivity (Wildman–Crippen MR) is 62.7 cm³/mol. The third-order valence-electron chi connectivity index (χ3n) is 3.33. The molecule has 6 heteroatoms. The molecule has 1 fully saturated rings. The molecule has 1 aliphatic carbocycles. The summed E-state index contributed by atoms with van der Waals surface area (Å²) in [4.78, 5) is 4.23. The lowest BCUT2D eigenvalue weighted by Gasteiger charge is -2.22. The van der Waals surface area contributed by atoms with E-state index in [9.17, 15) is 5.11 Å². The van der Waals surface area contributed by atoms with Gasteiger partial charge in [0, 0.05) is 18.9 Å². The van der Waals surface area contributed by atoms with Gasteiger partial charge in [-0.05, 0) is 12.8 Å². The summed E-state index contributed by atoms with van der Waals surface area (Å²) in [6.07, 6.45) is 9.03. The molecule has 0 saturated heterocycles. The van der Waals surface area contributed by atoms with E-state index < -0.39 is 5.60 Å². The fourth-order valence-electron chi connectivity index (χ4n) is 2.34. The van der Waals surface area contributed by atoms with Crippen molar-refractivity contribution >= 4 is 11.5 Å². The van der Waals surface area contributed by atoms with Crippen LogP contribution in [0, 0.1) is 0 Å². The molecule has 0 atom stereocenters. The zero-order chi connectivity index (χ0) is 11.7. The summed E-state index contributed by atoms with van der Waals surface area (Å²) in [6.45, 7) is 0.520. The first kappa shape index (κ1) is 10.5. The summed E-state index contributed by atoms with van der Waals surface area (Å²) in [5.41, 5.74) is 0.100. The Morgan fingerprint density at radius 2 is 2.24 bits per heavy atom. The van der Waals surface area contributed by atoms with Gasteiger partial charge in [-0.25, -0.2) is 4.98 Å². The van der Waals surface area contributed by atoms with E-state index in [1.807, 2.05) is 0 Å². The molecular formula is C11H15N5O. The van der Waals surface area contributed by atoms with Gasteiger partial charge >= 0.3 is 0 Å². The van der Waals surface area contributed by atoms with Crippen LogP contribution < -0.4 is 5.32 Å². The number of hydrogen-bond donors (Lipinski definition) is 2. The van der Waals surface area contributed by atoms with E-state index in [0.717, 1.165) is 25.7 Å². The highest BCUT2D eigenvalue weighted by Gasteiger charge is 2.30. The number of aliphatic hydroxyl groups is 1. The molecule has 2 aromatic rings. The topological polar surface area (TPSA) is 75.3 Å². The quantitative estimate of drug-likeness (QED) is 0.821. The molecule has 0 bridgehead atoms. The van der Waals surface area contributed by atoms with Gasteiger partial charge in [-0.15, -0.1) is 10.2 Å². The first-order valence-electron chi connectivity index (χ1n) is 5.87. The molecule has 2 heterocycles. The van der Waals surface area contributed by atoms with Gasteiger partial charge in [-0.2, -0.15) is 0 Å². The molecule has 17 heavy (non-hydrogen) atoms. The third-order valence-corrected chi connectivity index (χ3v) is 3.33. The molecule has 2 N–H and O–H groups in total. The Balaban J connectivity index is 1.78. The number of aromatic nitrogens is 4. The molecule has 0 radical (unpaired) electrons. The van der Waals surface area contributed by atoms with Crippen LogP contribution in [0.4, 0.5) is 5.82 Å². The SMILES string of the molecule is OC1(CNc2nccn3cnnc23)CCCC1. The predicted octanol–water partition coefficient (Wildman–Crippen LogP) is 0.841. The highest BCUT2D eigenvalue weighted by Crippen LogP contribution is 2.29. The average molecular weight is 233 g/mol. The van der Waals surface area contributed by atoms with Crippen LogP contribution in [0.15, 0.2) is 18.7 Å². The summed E-state index contributed by atoms with van der Waals surface area (Å²) in [5.74, 6) is 0.672. The average Bonchev–Trinajstić information content (AvgIpc) is 2.95. The maximum absolute atomic E-state index is 10.2. The van der Waals surface area contributed by atoms with Crippen molar-refractivity contribution in [2.24, 2.45) is 0 Å². The van der Waals surface area contributed by atoms with Crippen LogP contribution in [0.3, 0.4) is 0 Å². The highest BCUT2D eigenvalue weighted by molar-refractivity contribution is 5.61. The fourth-order valence-corrected chi connectivity index (χ4v) is 2.34. The largest absolute Gasteiger partial charge is 0.388 e. The second-order valence-corrected chi connectivity index (χ2v) is 4.62. The van der Waals surface area contributed by atoms with Gasteiger partial charge in [0.2, 0.25) is 5.65 Å². The van der Waals surface area contributed by atoms with Crippen molar-refractivity contribution in [1.29, 1.82) is 0 Å². The Kier molecular flexibility index (Phi) is 2.44. The molecular weight excluding hydrogens is 218 g/mol. The summed E-state index contributed by atoms with van der Waals surface area (Å²) in [5, 5.41) is 21.2. The maximum Gasteiger partial charge on any atom is 0.203 e. The molecule has 0 aromatic carbocycles. The molecule has 0 aliphatic heterocycles. The van der Waals surface area contributed by atoms with Gasteiger partial charge in [0.15, 0.2) is 5.82 Å². The molecule has 2 aromatic heterocycles. The summed E-state index contributed by atoms with van der Waals surface area (Å²) >= 11 is 0. The summed E-state index contributed by atoms with van der Waals surface area (Å²) in [6, 6.07) is 0. The van der Waals surface area contributed by atoms with Crippen LogP contribution in [0.5, 0.6) is 0 Å². The Hall–Kier alpha value is -1.69. The van der Waals surface area contributed by atoms with Gasteiger partial charge in [0.25, 0.3) is 0 Å². The Bertz CT molecular complexity index is 517. The van der Waals surface area contributed by atoms with Gasteiger partial charge in [0.05, 0.1) is 5.60 Å². The van der Waals surface area contributed by atoms with E-state index in [1.165, 1.54) is 0 Å². The molecule has 0 spiro atoms. The number of fused-ring (bicyclic) bond motifs is 1. The maximum atomic E-state index is 10.2. The van der Waals surface area contributed by atoms with Crippen molar-refractivity contribution in [2.75, 3.05) is 11.9 Å². The molecule has 1 saturated carbocycles. The Labute approximate surface area is 98.7 Å². The van der Waals surface area contributed by atoms with Crippen molar-refractivity contribution < 1.29 is 5.11 Å². The van der Waals surface area contributed by atoms with Crippen LogP contribution in [-0.2, 0) is 0 Å². The number of hydrogen-bond acceptors (Lipinski definition) is 5. The van der Waals surface area contributed by atoms with Crippen LogP contribution >= 0.6 is 0 Å². The molecule has 0 unspecified atom stereocenters. The van der Waals surface area contributed by atoms with Crippen molar-refractivity contribution in [3.8, 4) is 0 Å². The summed E-state index contributed by atoms with van der Waals surface area (Å²) in [7, 11) is 0. The lowest BCUT2D eigenvalue weighted by molar-refractivity contribution is 0.0614. The third kappa shape index (κ3) is 1.95. The number of nitrogens with one attached hydrogen (secondary N) is 1. The van der Waals surface area contributed by atoms with E-state index in [-0.39, 0.29) is 0 Å². The minimum atomic E-state index is -0.589. The zero-order valence-electron chi connectivity index (χ0n) is 9.50. The first-order chi connectivity index (χ1) is 8.27. The molecule has 3 rings (SSSR count). The van der Waals surface area contributed by atoms with Crippen LogP contribution in [-0.4, -0.2) is 36.8 Å². The van der Waals surface area contributed by atoms with Gasteiger partial charge < -0.3 is 10.4 Å². The molecule has 0 amide bonds. The Morgan fingerprint density at radius 1 is 1.41 bits per heavy atom. The first-order valence-corrected chi connectivity index (χ1v) is 5.87. The van der Waals surface area contributed by atoms with Crippen molar-refractivity contribution in [3.63, 3.8) is 0 Å². The normalized spacial score (nSPS) is 18.6. The van der Waals surface area contributed by atoms with E-state index in [1.54, 1.807) is 23.1 Å². The highest BCUT2D eigenvalue weighted by atomic mass is 16.3. The fraction of sp³-hybridized carbons (Fsp3) is 0.545. The lowest BCUT2D eigenvalue weighted by atomic mass is 10.0. The number of rotatable bonds is 3. The van der Waals surface area contributed by atoms with Gasteiger partial charge in [-0.3, -0.25) is 4.40 Å². The second-order valence-electron chi connectivity index (χ2n) is 4.62. The standard InChI is InChI=1S/C11H15N5O/c17-11(3-1-2-4-11)7-13-9-10-15-14-8-16(10)6-5-12-9/h5-6,8,17H,1-4,7H2,(H,12,13). The zero-order valence-corrected chi connectivity index (χ0v) is 9.50.